The van der Waals surface area contributed by atoms with E-state index in [1.54, 1.807) is 19.1 Å². The molecule has 1 aliphatic heterocycles. The number of aryl methyl sites for hydroxylation is 2. The Morgan fingerprint density at radius 2 is 1.91 bits per heavy atom. The van der Waals surface area contributed by atoms with Crippen LogP contribution in [0.2, 0.25) is 6.32 Å². The van der Waals surface area contributed by atoms with E-state index in [0.29, 0.717) is 11.1 Å². The second-order valence-corrected chi connectivity index (χ2v) is 7.78. The number of benzene rings is 2. The van der Waals surface area contributed by atoms with E-state index in [1.165, 1.54) is 23.1 Å². The summed E-state index contributed by atoms with van der Waals surface area (Å²) < 4.78 is 5.70. The smallest absolute Gasteiger partial charge is 0.451 e. The molecule has 32 heavy (non-hydrogen) atoms. The molecule has 0 aliphatic carbocycles. The zero-order valence-electron chi connectivity index (χ0n) is 17.4. The van der Waals surface area contributed by atoms with Crippen molar-refractivity contribution >= 4 is 19.0 Å². The molecule has 7 N–H and O–H groups in total. The molecule has 170 valence electrons. The van der Waals surface area contributed by atoms with Crippen molar-refractivity contribution < 1.29 is 39.7 Å². The van der Waals surface area contributed by atoms with Crippen LogP contribution in [-0.4, -0.2) is 68.5 Å². The van der Waals surface area contributed by atoms with Gasteiger partial charge < -0.3 is 40.7 Å². The van der Waals surface area contributed by atoms with E-state index in [1.807, 2.05) is 0 Å². The van der Waals surface area contributed by atoms with E-state index in [4.69, 9.17) is 20.5 Å². The van der Waals surface area contributed by atoms with Crippen LogP contribution >= 0.6 is 0 Å². The maximum absolute atomic E-state index is 12.6. The minimum Gasteiger partial charge on any atom is -0.508 e. The van der Waals surface area contributed by atoms with Gasteiger partial charge in [-0.1, -0.05) is 18.2 Å². The van der Waals surface area contributed by atoms with Gasteiger partial charge in [0.2, 0.25) is 5.91 Å². The summed E-state index contributed by atoms with van der Waals surface area (Å²) in [6.45, 7) is 2.10. The lowest BCUT2D eigenvalue weighted by Crippen LogP contribution is -2.58. The summed E-state index contributed by atoms with van der Waals surface area (Å²) in [4.78, 5) is 25.8. The first-order valence-corrected chi connectivity index (χ1v) is 10.0. The minimum absolute atomic E-state index is 0.0427. The molecule has 1 amide bonds. The van der Waals surface area contributed by atoms with Crippen LogP contribution in [0.25, 0.3) is 0 Å². The lowest BCUT2D eigenvalue weighted by Gasteiger charge is -2.40. The quantitative estimate of drug-likeness (QED) is 0.315. The molecule has 10 nitrogen and oxygen atoms in total. The number of carbonyl (C=O) groups excluding carboxylic acids is 1. The number of phenolic OH excluding ortho intramolecular Hbond substituents is 1. The number of rotatable bonds is 8. The molecule has 1 heterocycles. The summed E-state index contributed by atoms with van der Waals surface area (Å²) in [5.41, 5.74) is 7.06. The van der Waals surface area contributed by atoms with Gasteiger partial charge in [0, 0.05) is 0 Å². The molecule has 1 atom stereocenters. The van der Waals surface area contributed by atoms with Gasteiger partial charge in [0.25, 0.3) is 0 Å². The monoisotopic (exact) mass is 444 g/mol. The first-order valence-electron chi connectivity index (χ1n) is 10.0. The number of hydrogen-bond acceptors (Lipinski definition) is 8. The van der Waals surface area contributed by atoms with Gasteiger partial charge in [-0.2, -0.15) is 0 Å². The molecule has 1 fully saturated rings. The number of nitrogens with zero attached hydrogens (tertiary/aromatic N) is 1. The normalized spacial score (nSPS) is 14.6. The van der Waals surface area contributed by atoms with Crippen LogP contribution in [0.4, 0.5) is 0 Å². The van der Waals surface area contributed by atoms with Gasteiger partial charge in [0.05, 0.1) is 13.1 Å². The summed E-state index contributed by atoms with van der Waals surface area (Å²) in [5, 5.41) is 47.4. The number of aromatic hydroxyl groups is 2. The Labute approximate surface area is 184 Å². The number of phenols is 2. The number of carboxylic acids is 1. The van der Waals surface area contributed by atoms with Gasteiger partial charge in [0.15, 0.2) is 0 Å². The number of ether oxygens (including phenoxy) is 1. The standard InChI is InChI=1S/C21H25BN2O8/c1-11-8-13(2-4-15(11)25)18(23)20(27)24-9-14(10-24)32-16-5-3-12(6-7-22(30)31)19(26)17(16)21(28)29/h2-5,8,14,18,25-26,30-31H,6-7,9-10,23H2,1H3,(H,28,29). The molecule has 0 bridgehead atoms. The molecule has 0 aromatic heterocycles. The number of nitrogens with two attached hydrogens (primary N) is 1. The van der Waals surface area contributed by atoms with Gasteiger partial charge in [-0.3, -0.25) is 4.79 Å². The second kappa shape index (κ2) is 9.47. The molecule has 0 saturated carbocycles. The maximum atomic E-state index is 12.6. The predicted molar refractivity (Wildman–Crippen MR) is 115 cm³/mol. The first kappa shape index (κ1) is 23.4. The average molecular weight is 444 g/mol. The van der Waals surface area contributed by atoms with Gasteiger partial charge in [0.1, 0.15) is 35.0 Å². The van der Waals surface area contributed by atoms with Gasteiger partial charge >= 0.3 is 13.1 Å². The highest BCUT2D eigenvalue weighted by molar-refractivity contribution is 6.41. The van der Waals surface area contributed by atoms with Crippen LogP contribution < -0.4 is 10.5 Å². The minimum atomic E-state index is -1.58. The average Bonchev–Trinajstić information content (AvgIpc) is 2.70. The van der Waals surface area contributed by atoms with Crippen LogP contribution in [0.15, 0.2) is 30.3 Å². The lowest BCUT2D eigenvalue weighted by molar-refractivity contribution is -0.141. The van der Waals surface area contributed by atoms with Crippen molar-refractivity contribution in [3.05, 3.63) is 52.6 Å². The number of likely N-dealkylation sites (tertiary alicyclic amines) is 1. The fourth-order valence-corrected chi connectivity index (χ4v) is 3.49. The first-order chi connectivity index (χ1) is 15.1. The molecule has 11 heteroatoms. The summed E-state index contributed by atoms with van der Waals surface area (Å²) in [7, 11) is -1.58. The highest BCUT2D eigenvalue weighted by Gasteiger charge is 2.36. The van der Waals surface area contributed by atoms with Gasteiger partial charge in [-0.05, 0) is 48.5 Å². The van der Waals surface area contributed by atoms with Crippen molar-refractivity contribution in [1.29, 1.82) is 0 Å². The number of amides is 1. The maximum Gasteiger partial charge on any atom is 0.451 e. The third-order valence-corrected chi connectivity index (χ3v) is 5.41. The Morgan fingerprint density at radius 3 is 2.50 bits per heavy atom. The van der Waals surface area contributed by atoms with Crippen molar-refractivity contribution in [2.24, 2.45) is 5.73 Å². The van der Waals surface area contributed by atoms with Crippen molar-refractivity contribution in [3.63, 3.8) is 0 Å². The SMILES string of the molecule is Cc1cc(C(N)C(=O)N2CC(Oc3ccc(CCB(O)O)c(O)c3C(=O)O)C2)ccc1O. The zero-order valence-corrected chi connectivity index (χ0v) is 17.4. The van der Waals surface area contributed by atoms with Crippen LogP contribution in [0, 0.1) is 6.92 Å². The lowest BCUT2D eigenvalue weighted by atomic mass is 9.82. The topological polar surface area (TPSA) is 174 Å². The summed E-state index contributed by atoms with van der Waals surface area (Å²) in [6.07, 6.45) is -0.465. The Hall–Kier alpha value is -3.28. The van der Waals surface area contributed by atoms with Crippen LogP contribution in [0.5, 0.6) is 17.2 Å². The summed E-state index contributed by atoms with van der Waals surface area (Å²) in [6, 6.07) is 6.66. The Morgan fingerprint density at radius 1 is 1.22 bits per heavy atom. The summed E-state index contributed by atoms with van der Waals surface area (Å²) in [5.74, 6) is -2.14. The number of carboxylic acid groups (broad SMARTS) is 1. The molecular weight excluding hydrogens is 419 g/mol. The number of aromatic carboxylic acids is 1. The summed E-state index contributed by atoms with van der Waals surface area (Å²) >= 11 is 0. The van der Waals surface area contributed by atoms with E-state index >= 15 is 0 Å². The Balaban J connectivity index is 1.65. The molecule has 1 aliphatic rings. The second-order valence-electron chi connectivity index (χ2n) is 7.78. The predicted octanol–water partition coefficient (Wildman–Crippen LogP) is 0.409. The third-order valence-electron chi connectivity index (χ3n) is 5.41. The van der Waals surface area contributed by atoms with E-state index < -0.39 is 36.5 Å². The van der Waals surface area contributed by atoms with Crippen LogP contribution in [-0.2, 0) is 11.2 Å². The van der Waals surface area contributed by atoms with Crippen molar-refractivity contribution in [2.45, 2.75) is 31.8 Å². The third kappa shape index (κ3) is 4.96. The van der Waals surface area contributed by atoms with Crippen molar-refractivity contribution in [1.82, 2.24) is 4.90 Å². The van der Waals surface area contributed by atoms with E-state index in [2.05, 4.69) is 0 Å². The van der Waals surface area contributed by atoms with Crippen molar-refractivity contribution in [2.75, 3.05) is 13.1 Å². The van der Waals surface area contributed by atoms with Crippen LogP contribution in [0.3, 0.4) is 0 Å². The molecule has 0 spiro atoms. The van der Waals surface area contributed by atoms with Gasteiger partial charge in [-0.15, -0.1) is 0 Å². The van der Waals surface area contributed by atoms with E-state index in [9.17, 15) is 24.9 Å². The fourth-order valence-electron chi connectivity index (χ4n) is 3.49. The van der Waals surface area contributed by atoms with E-state index in [0.717, 1.165) is 0 Å². The Bertz CT molecular complexity index is 1020. The largest absolute Gasteiger partial charge is 0.508 e. The van der Waals surface area contributed by atoms with Crippen LogP contribution in [0.1, 0.15) is 33.1 Å². The number of carbonyl (C=O) groups is 2. The van der Waals surface area contributed by atoms with Crippen molar-refractivity contribution in [3.8, 4) is 17.2 Å². The van der Waals surface area contributed by atoms with E-state index in [-0.39, 0.29) is 48.8 Å². The Kier molecular flexibility index (Phi) is 6.92. The molecule has 2 aromatic carbocycles. The highest BCUT2D eigenvalue weighted by atomic mass is 16.5. The molecule has 3 rings (SSSR count). The molecule has 1 unspecified atom stereocenters. The fraction of sp³-hybridized carbons (Fsp3) is 0.333. The molecule has 0 radical (unpaired) electrons. The highest BCUT2D eigenvalue weighted by Crippen LogP contribution is 2.34. The van der Waals surface area contributed by atoms with Gasteiger partial charge in [-0.25, -0.2) is 4.79 Å². The molecule has 1 saturated heterocycles. The molecular formula is C21H25BN2O8. The molecule has 2 aromatic rings. The number of hydrogen-bond donors (Lipinski definition) is 6. The zero-order chi connectivity index (χ0) is 23.6.